The van der Waals surface area contributed by atoms with Crippen LogP contribution in [0.4, 0.5) is 5.69 Å². The van der Waals surface area contributed by atoms with E-state index in [1.54, 1.807) is 30.3 Å². The van der Waals surface area contributed by atoms with Gasteiger partial charge in [-0.05, 0) is 53.6 Å². The van der Waals surface area contributed by atoms with Crippen LogP contribution >= 0.6 is 0 Å². The number of Topliss-reactive ketones (excluding diaryl/α,β-unsaturated/α-hetero) is 4. The minimum atomic E-state index is -2.70. The number of nitrogens with zero attached hydrogens (tertiary/aromatic N) is 1. The number of fused-ring (bicyclic) bond motifs is 3. The summed E-state index contributed by atoms with van der Waals surface area (Å²) in [5, 5.41) is 28.2. The zero-order chi connectivity index (χ0) is 29.2. The van der Waals surface area contributed by atoms with Gasteiger partial charge in [0.1, 0.15) is 5.75 Å². The first-order chi connectivity index (χ1) is 19.5. The van der Waals surface area contributed by atoms with Crippen LogP contribution < -0.4 is 11.1 Å². The third-order valence-corrected chi connectivity index (χ3v) is 8.38. The second kappa shape index (κ2) is 9.30. The highest BCUT2D eigenvalue weighted by molar-refractivity contribution is 6.31. The van der Waals surface area contributed by atoms with E-state index >= 15 is 0 Å². The molecular formula is C29H23N3O9. The molecule has 2 unspecified atom stereocenters. The quantitative estimate of drug-likeness (QED) is 0.337. The van der Waals surface area contributed by atoms with Crippen molar-refractivity contribution in [1.82, 2.24) is 5.16 Å². The molecule has 1 heterocycles. The highest BCUT2D eigenvalue weighted by Gasteiger charge is 2.66. The van der Waals surface area contributed by atoms with Gasteiger partial charge < -0.3 is 25.8 Å². The number of nitrogens with two attached hydrogens (primary N) is 1. The highest BCUT2D eigenvalue weighted by Crippen LogP contribution is 2.51. The number of ketones is 4. The van der Waals surface area contributed by atoms with Crippen LogP contribution in [0.1, 0.15) is 39.3 Å². The van der Waals surface area contributed by atoms with Crippen molar-refractivity contribution in [1.29, 1.82) is 0 Å². The number of aromatic hydroxyl groups is 1. The molecule has 3 aliphatic carbocycles. The van der Waals surface area contributed by atoms with Gasteiger partial charge in [-0.25, -0.2) is 0 Å². The largest absolute Gasteiger partial charge is 0.507 e. The second-order valence-electron chi connectivity index (χ2n) is 10.6. The molecular weight excluding hydrogens is 534 g/mol. The van der Waals surface area contributed by atoms with E-state index < -0.39 is 70.6 Å². The topological polar surface area (TPSA) is 207 Å². The van der Waals surface area contributed by atoms with Gasteiger partial charge in [-0.3, -0.25) is 28.8 Å². The third kappa shape index (κ3) is 3.90. The van der Waals surface area contributed by atoms with Gasteiger partial charge in [0.25, 0.3) is 5.91 Å². The Labute approximate surface area is 231 Å². The number of hydrogen-bond donors (Lipinski definition) is 4. The fraction of sp³-hybridized carbons (Fsp3) is 0.276. The summed E-state index contributed by atoms with van der Waals surface area (Å²) in [6, 6.07) is 11.1. The number of anilines is 1. The maximum Gasteiger partial charge on any atom is 0.294 e. The van der Waals surface area contributed by atoms with Crippen LogP contribution in [0.5, 0.6) is 5.75 Å². The van der Waals surface area contributed by atoms with Crippen molar-refractivity contribution < 1.29 is 43.5 Å². The lowest BCUT2D eigenvalue weighted by molar-refractivity contribution is -0.175. The van der Waals surface area contributed by atoms with E-state index in [1.165, 1.54) is 18.3 Å². The van der Waals surface area contributed by atoms with Gasteiger partial charge in [0, 0.05) is 24.1 Å². The first kappa shape index (κ1) is 26.3. The summed E-state index contributed by atoms with van der Waals surface area (Å²) in [4.78, 5) is 77.3. The smallest absolute Gasteiger partial charge is 0.294 e. The van der Waals surface area contributed by atoms with Crippen molar-refractivity contribution >= 4 is 40.6 Å². The Morgan fingerprint density at radius 1 is 1.05 bits per heavy atom. The zero-order valence-corrected chi connectivity index (χ0v) is 21.3. The molecule has 1 aromatic heterocycles. The fourth-order valence-electron chi connectivity index (χ4n) is 6.53. The summed E-state index contributed by atoms with van der Waals surface area (Å²) in [6.45, 7) is 0. The number of carbonyl (C=O) groups is 6. The molecule has 5 N–H and O–H groups in total. The molecule has 0 aliphatic heterocycles. The average Bonchev–Trinajstić information content (AvgIpc) is 3.46. The van der Waals surface area contributed by atoms with Crippen LogP contribution in [-0.2, 0) is 25.6 Å². The van der Waals surface area contributed by atoms with E-state index in [1.807, 2.05) is 0 Å². The molecule has 12 nitrogen and oxygen atoms in total. The Bertz CT molecular complexity index is 1680. The van der Waals surface area contributed by atoms with Crippen molar-refractivity contribution in [2.75, 3.05) is 5.32 Å². The van der Waals surface area contributed by atoms with Crippen molar-refractivity contribution in [2.24, 2.45) is 29.4 Å². The first-order valence-corrected chi connectivity index (χ1v) is 12.9. The minimum Gasteiger partial charge on any atom is -0.507 e. The zero-order valence-electron chi connectivity index (χ0n) is 21.3. The van der Waals surface area contributed by atoms with Crippen molar-refractivity contribution in [3.8, 4) is 16.9 Å². The minimum absolute atomic E-state index is 0.0105. The molecule has 0 saturated heterocycles. The van der Waals surface area contributed by atoms with E-state index in [0.29, 0.717) is 22.4 Å². The lowest BCUT2D eigenvalue weighted by Gasteiger charge is -2.48. The van der Waals surface area contributed by atoms with Gasteiger partial charge in [0.15, 0.2) is 34.7 Å². The Hall–Kier alpha value is -4.97. The summed E-state index contributed by atoms with van der Waals surface area (Å²) in [7, 11) is 0. The van der Waals surface area contributed by atoms with Gasteiger partial charge in [-0.2, -0.15) is 0 Å². The van der Waals surface area contributed by atoms with E-state index in [-0.39, 0.29) is 29.9 Å². The van der Waals surface area contributed by atoms with Crippen molar-refractivity contribution in [3.63, 3.8) is 0 Å². The van der Waals surface area contributed by atoms with E-state index in [9.17, 15) is 39.0 Å². The Balaban J connectivity index is 1.38. The molecule has 3 aromatic rings. The SMILES string of the molecule is NC(=O)C1C(=O)C[C@@H]2C[C@@H]3Cc4c(-c5cccc(NC(=O)c6ccno6)c5)ccc(O)c4C(=O)C3C(=O)[C@]2(O)C1=O. The monoisotopic (exact) mass is 557 g/mol. The molecule has 0 bridgehead atoms. The van der Waals surface area contributed by atoms with Gasteiger partial charge in [-0.15, -0.1) is 0 Å². The van der Waals surface area contributed by atoms with Crippen LogP contribution in [0.25, 0.3) is 11.1 Å². The molecule has 2 fully saturated rings. The van der Waals surface area contributed by atoms with E-state index in [0.717, 1.165) is 0 Å². The summed E-state index contributed by atoms with van der Waals surface area (Å²) < 4.78 is 4.88. The predicted molar refractivity (Wildman–Crippen MR) is 138 cm³/mol. The molecule has 2 saturated carbocycles. The van der Waals surface area contributed by atoms with Gasteiger partial charge in [0.05, 0.1) is 17.7 Å². The van der Waals surface area contributed by atoms with Crippen LogP contribution in [0.2, 0.25) is 0 Å². The molecule has 6 rings (SSSR count). The Kier molecular flexibility index (Phi) is 5.96. The number of aliphatic hydroxyl groups is 1. The lowest BCUT2D eigenvalue weighted by Crippen LogP contribution is -2.68. The lowest BCUT2D eigenvalue weighted by atomic mass is 9.53. The molecule has 41 heavy (non-hydrogen) atoms. The number of amides is 2. The van der Waals surface area contributed by atoms with E-state index in [2.05, 4.69) is 10.5 Å². The highest BCUT2D eigenvalue weighted by atomic mass is 16.5. The summed E-state index contributed by atoms with van der Waals surface area (Å²) in [5.41, 5.74) is 4.45. The van der Waals surface area contributed by atoms with Gasteiger partial charge >= 0.3 is 0 Å². The number of hydrogen-bond acceptors (Lipinski definition) is 10. The predicted octanol–water partition coefficient (Wildman–Crippen LogP) is 1.23. The standard InChI is InChI=1S/C29H23N3O9/c30-27(38)23-19(34)11-14-8-13-10-17-16(12-2-1-3-15(9-12)32-28(39)20-6-7-31-41-20)4-5-18(33)22(17)24(35)21(13)25(36)29(14,40)26(23)37/h1-7,9,13-14,21,23,33,40H,8,10-11H2,(H2,30,38)(H,32,39)/t13-,14+,21?,23?,29+/m1/s1. The Morgan fingerprint density at radius 2 is 1.83 bits per heavy atom. The van der Waals surface area contributed by atoms with Crippen molar-refractivity contribution in [3.05, 3.63) is 65.5 Å². The van der Waals surface area contributed by atoms with E-state index in [4.69, 9.17) is 10.3 Å². The van der Waals surface area contributed by atoms with Crippen LogP contribution in [0, 0.1) is 23.7 Å². The number of nitrogens with one attached hydrogen (secondary N) is 1. The number of phenols is 1. The van der Waals surface area contributed by atoms with Gasteiger partial charge in [-0.1, -0.05) is 23.4 Å². The van der Waals surface area contributed by atoms with Crippen LogP contribution in [0.3, 0.4) is 0 Å². The molecule has 5 atom stereocenters. The maximum atomic E-state index is 13.8. The summed E-state index contributed by atoms with van der Waals surface area (Å²) in [5.74, 6) is -11.3. The number of aromatic nitrogens is 1. The molecule has 2 aromatic carbocycles. The number of phenolic OH excluding ortho intramolecular Hbond substituents is 1. The summed E-state index contributed by atoms with van der Waals surface area (Å²) >= 11 is 0. The van der Waals surface area contributed by atoms with Crippen LogP contribution in [-0.4, -0.2) is 55.9 Å². The maximum absolute atomic E-state index is 13.8. The normalized spacial score (nSPS) is 27.0. The Morgan fingerprint density at radius 3 is 2.54 bits per heavy atom. The second-order valence-corrected chi connectivity index (χ2v) is 10.6. The molecule has 2 amide bonds. The number of carbonyl (C=O) groups excluding carboxylic acids is 6. The van der Waals surface area contributed by atoms with Crippen molar-refractivity contribution in [2.45, 2.75) is 24.9 Å². The number of primary amides is 1. The molecule has 12 heteroatoms. The van der Waals surface area contributed by atoms with Gasteiger partial charge in [0.2, 0.25) is 11.7 Å². The third-order valence-electron chi connectivity index (χ3n) is 8.38. The molecule has 0 radical (unpaired) electrons. The fourth-order valence-corrected chi connectivity index (χ4v) is 6.53. The molecule has 208 valence electrons. The molecule has 0 spiro atoms. The number of rotatable bonds is 4. The average molecular weight is 558 g/mol. The summed E-state index contributed by atoms with van der Waals surface area (Å²) in [6.07, 6.45) is 1.05. The number of benzene rings is 2. The van der Waals surface area contributed by atoms with Crippen LogP contribution in [0.15, 0.2) is 53.2 Å². The molecule has 3 aliphatic rings. The first-order valence-electron chi connectivity index (χ1n) is 12.9.